The van der Waals surface area contributed by atoms with Crippen LogP contribution < -0.4 is 5.73 Å². The molecule has 0 rings (SSSR count). The highest BCUT2D eigenvalue weighted by atomic mass is 35.5. The van der Waals surface area contributed by atoms with Crippen molar-refractivity contribution in [3.8, 4) is 0 Å². The van der Waals surface area contributed by atoms with Gasteiger partial charge < -0.3 is 5.73 Å². The van der Waals surface area contributed by atoms with E-state index in [4.69, 9.17) is 11.6 Å². The summed E-state index contributed by atoms with van der Waals surface area (Å²) in [6.45, 7) is 0. The van der Waals surface area contributed by atoms with Crippen LogP contribution in [0.5, 0.6) is 0 Å². The van der Waals surface area contributed by atoms with Gasteiger partial charge in [-0.3, -0.25) is 4.79 Å². The van der Waals surface area contributed by atoms with E-state index in [2.05, 4.69) is 5.73 Å². The van der Waals surface area contributed by atoms with Crippen molar-refractivity contribution in [2.75, 3.05) is 5.75 Å². The van der Waals surface area contributed by atoms with Crippen LogP contribution in [0.4, 0.5) is 26.3 Å². The fourth-order valence-electron chi connectivity index (χ4n) is 1.15. The Morgan fingerprint density at radius 3 is 1.65 bits per heavy atom. The predicted molar refractivity (Wildman–Crippen MR) is 57.5 cm³/mol. The second kappa shape index (κ2) is 5.96. The van der Waals surface area contributed by atoms with Gasteiger partial charge in [-0.25, -0.2) is 8.42 Å². The Morgan fingerprint density at radius 1 is 0.950 bits per heavy atom. The molecular formula is C8H10ClF6NO3S. The average Bonchev–Trinajstić information content (AvgIpc) is 2.20. The zero-order valence-corrected chi connectivity index (χ0v) is 11.3. The van der Waals surface area contributed by atoms with Gasteiger partial charge in [-0.1, -0.05) is 11.6 Å². The third-order valence-electron chi connectivity index (χ3n) is 2.25. The second-order valence-corrected chi connectivity index (χ2v) is 7.10. The summed E-state index contributed by atoms with van der Waals surface area (Å²) in [5.74, 6) is -3.47. The Kier molecular flexibility index (Phi) is 5.75. The molecule has 1 unspecified atom stereocenters. The zero-order chi connectivity index (χ0) is 16.4. The summed E-state index contributed by atoms with van der Waals surface area (Å²) in [5, 5.41) is 0. The Bertz CT molecular complexity index is 460. The third-order valence-corrected chi connectivity index (χ3v) is 5.46. The van der Waals surface area contributed by atoms with Crippen LogP contribution in [-0.4, -0.2) is 36.6 Å². The van der Waals surface area contributed by atoms with Gasteiger partial charge in [-0.2, -0.15) is 26.3 Å². The van der Waals surface area contributed by atoms with Gasteiger partial charge in [0.05, 0.1) is 12.2 Å². The molecule has 0 spiro atoms. The zero-order valence-electron chi connectivity index (χ0n) is 9.68. The van der Waals surface area contributed by atoms with Gasteiger partial charge >= 0.3 is 12.4 Å². The van der Waals surface area contributed by atoms with Crippen molar-refractivity contribution < 1.29 is 39.6 Å². The molecule has 0 aliphatic heterocycles. The smallest absolute Gasteiger partial charge is 0.367 e. The van der Waals surface area contributed by atoms with Crippen molar-refractivity contribution in [3.05, 3.63) is 0 Å². The first-order chi connectivity index (χ1) is 8.61. The van der Waals surface area contributed by atoms with Crippen LogP contribution in [0.3, 0.4) is 0 Å². The molecule has 0 saturated carbocycles. The summed E-state index contributed by atoms with van der Waals surface area (Å²) in [6.07, 6.45) is -14.8. The number of amides is 1. The number of hydrogen-bond donors (Lipinski definition) is 1. The standard InChI is InChI=1S/C8H10ClF6NO3S/c9-6(5(16)17,1-2-7(10,11)12)20(18,19)4-3-8(13,14)15/h1-4H2,(H2,16,17). The molecule has 12 heteroatoms. The van der Waals surface area contributed by atoms with Crippen LogP contribution in [0.15, 0.2) is 0 Å². The molecule has 0 fully saturated rings. The minimum atomic E-state index is -5.01. The van der Waals surface area contributed by atoms with Crippen molar-refractivity contribution in [3.63, 3.8) is 0 Å². The maximum atomic E-state index is 12.0. The SMILES string of the molecule is NC(=O)C(Cl)(CCC(F)(F)F)S(=O)(=O)CCC(F)(F)F. The largest absolute Gasteiger partial charge is 0.390 e. The molecular weight excluding hydrogens is 340 g/mol. The second-order valence-electron chi connectivity index (χ2n) is 3.89. The van der Waals surface area contributed by atoms with Gasteiger partial charge in [-0.05, 0) is 6.42 Å². The Morgan fingerprint density at radius 2 is 1.35 bits per heavy atom. The molecule has 0 aromatic rings. The number of carbonyl (C=O) groups is 1. The lowest BCUT2D eigenvalue weighted by Crippen LogP contribution is -2.48. The summed E-state index contributed by atoms with van der Waals surface area (Å²) in [7, 11) is -5.01. The Hall–Kier alpha value is -0.710. The van der Waals surface area contributed by atoms with E-state index in [1.54, 1.807) is 0 Å². The number of sulfone groups is 1. The maximum absolute atomic E-state index is 12.0. The van der Waals surface area contributed by atoms with Crippen LogP contribution in [0.1, 0.15) is 19.3 Å². The molecule has 0 saturated heterocycles. The topological polar surface area (TPSA) is 77.2 Å². The lowest BCUT2D eigenvalue weighted by atomic mass is 10.2. The fourth-order valence-corrected chi connectivity index (χ4v) is 3.02. The van der Waals surface area contributed by atoms with E-state index in [0.29, 0.717) is 0 Å². The molecule has 1 atom stereocenters. The summed E-state index contributed by atoms with van der Waals surface area (Å²) in [6, 6.07) is 0. The van der Waals surface area contributed by atoms with E-state index in [1.165, 1.54) is 0 Å². The van der Waals surface area contributed by atoms with E-state index in [0.717, 1.165) is 0 Å². The summed E-state index contributed by atoms with van der Waals surface area (Å²) in [4.78, 5) is 11.0. The Labute approximate surface area is 115 Å². The van der Waals surface area contributed by atoms with E-state index in [9.17, 15) is 39.6 Å². The molecule has 2 N–H and O–H groups in total. The first kappa shape index (κ1) is 19.3. The van der Waals surface area contributed by atoms with Gasteiger partial charge in [-0.15, -0.1) is 0 Å². The van der Waals surface area contributed by atoms with Crippen molar-refractivity contribution in [2.24, 2.45) is 5.73 Å². The highest BCUT2D eigenvalue weighted by Gasteiger charge is 2.50. The minimum Gasteiger partial charge on any atom is -0.367 e. The average molecular weight is 350 g/mol. The number of rotatable bonds is 6. The molecule has 20 heavy (non-hydrogen) atoms. The van der Waals surface area contributed by atoms with Crippen molar-refractivity contribution >= 4 is 27.3 Å². The van der Waals surface area contributed by atoms with Gasteiger partial charge in [0.15, 0.2) is 9.84 Å². The molecule has 120 valence electrons. The normalized spacial score (nSPS) is 16.8. The molecule has 4 nitrogen and oxygen atoms in total. The van der Waals surface area contributed by atoms with E-state index >= 15 is 0 Å². The highest BCUT2D eigenvalue weighted by molar-refractivity contribution is 7.95. The van der Waals surface area contributed by atoms with E-state index in [-0.39, 0.29) is 0 Å². The van der Waals surface area contributed by atoms with Crippen molar-refractivity contribution in [1.29, 1.82) is 0 Å². The molecule has 0 heterocycles. The van der Waals surface area contributed by atoms with Gasteiger partial charge in [0.2, 0.25) is 4.21 Å². The summed E-state index contributed by atoms with van der Waals surface area (Å²) < 4.78 is 91.8. The van der Waals surface area contributed by atoms with E-state index in [1.807, 2.05) is 0 Å². The quantitative estimate of drug-likeness (QED) is 0.589. The number of carbonyl (C=O) groups excluding carboxylic acids is 1. The lowest BCUT2D eigenvalue weighted by molar-refractivity contribution is -0.138. The maximum Gasteiger partial charge on any atom is 0.390 e. The molecule has 0 aromatic carbocycles. The van der Waals surface area contributed by atoms with Crippen LogP contribution in [0.25, 0.3) is 0 Å². The number of primary amides is 1. The van der Waals surface area contributed by atoms with Gasteiger partial charge in [0, 0.05) is 6.42 Å². The summed E-state index contributed by atoms with van der Waals surface area (Å²) in [5.41, 5.74) is 4.63. The number of alkyl halides is 7. The van der Waals surface area contributed by atoms with E-state index < -0.39 is 57.3 Å². The number of halogens is 7. The third kappa shape index (κ3) is 5.73. The van der Waals surface area contributed by atoms with Gasteiger partial charge in [0.25, 0.3) is 5.91 Å². The van der Waals surface area contributed by atoms with Crippen LogP contribution in [-0.2, 0) is 14.6 Å². The van der Waals surface area contributed by atoms with Crippen LogP contribution in [0.2, 0.25) is 0 Å². The minimum absolute atomic E-state index is 1.45. The molecule has 0 aliphatic rings. The van der Waals surface area contributed by atoms with Crippen molar-refractivity contribution in [2.45, 2.75) is 35.8 Å². The monoisotopic (exact) mass is 349 g/mol. The van der Waals surface area contributed by atoms with Gasteiger partial charge in [0.1, 0.15) is 0 Å². The molecule has 0 radical (unpaired) electrons. The van der Waals surface area contributed by atoms with Crippen LogP contribution in [0, 0.1) is 0 Å². The molecule has 1 amide bonds. The highest BCUT2D eigenvalue weighted by Crippen LogP contribution is 2.35. The molecule has 0 aromatic heterocycles. The lowest BCUT2D eigenvalue weighted by Gasteiger charge is -2.24. The number of nitrogens with two attached hydrogens (primary N) is 1. The first-order valence-corrected chi connectivity index (χ1v) is 6.98. The predicted octanol–water partition coefficient (Wildman–Crippen LogP) is 2.12. The molecule has 0 bridgehead atoms. The fraction of sp³-hybridized carbons (Fsp3) is 0.875. The van der Waals surface area contributed by atoms with Crippen molar-refractivity contribution in [1.82, 2.24) is 0 Å². The Balaban J connectivity index is 5.20. The first-order valence-electron chi connectivity index (χ1n) is 4.95. The summed E-state index contributed by atoms with van der Waals surface area (Å²) >= 11 is 5.27. The molecule has 0 aliphatic carbocycles. The number of hydrogen-bond acceptors (Lipinski definition) is 3. The van der Waals surface area contributed by atoms with Crippen LogP contribution >= 0.6 is 11.6 Å².